The monoisotopic (exact) mass is 240 g/mol. The second kappa shape index (κ2) is 5.59. The van der Waals surface area contributed by atoms with Gasteiger partial charge in [-0.15, -0.1) is 0 Å². The third-order valence-corrected chi connectivity index (χ3v) is 3.76. The standard InChI is InChI=1S/C8H11O3PS.Na/c1-12(2)7-4-3-5-8(6-7)13(9,10)11;/h3-6H,1-2H3,(H,9,10,11);/q;+1/p-1. The van der Waals surface area contributed by atoms with Gasteiger partial charge in [-0.25, -0.2) is 8.42 Å². The number of benzene rings is 1. The van der Waals surface area contributed by atoms with Gasteiger partial charge in [0.25, 0.3) is 0 Å². The van der Waals surface area contributed by atoms with E-state index in [-0.39, 0.29) is 42.4 Å². The maximum Gasteiger partial charge on any atom is 1.00 e. The topological polar surface area (TPSA) is 57.2 Å². The van der Waals surface area contributed by atoms with Crippen LogP contribution in [0.3, 0.4) is 0 Å². The molecule has 0 spiro atoms. The van der Waals surface area contributed by atoms with Gasteiger partial charge < -0.3 is 4.55 Å². The quantitative estimate of drug-likeness (QED) is 0.340. The zero-order chi connectivity index (χ0) is 10.1. The van der Waals surface area contributed by atoms with Gasteiger partial charge in [-0.3, -0.25) is 0 Å². The van der Waals surface area contributed by atoms with E-state index in [1.807, 2.05) is 19.4 Å². The normalized spacial score (nSPS) is 11.1. The van der Waals surface area contributed by atoms with Crippen molar-refractivity contribution in [2.75, 3.05) is 13.3 Å². The minimum Gasteiger partial charge on any atom is -0.744 e. The molecule has 0 N–H and O–H groups in total. The molecule has 0 saturated carbocycles. The van der Waals surface area contributed by atoms with Crippen molar-refractivity contribution in [3.05, 3.63) is 24.3 Å². The van der Waals surface area contributed by atoms with Crippen molar-refractivity contribution in [3.63, 3.8) is 0 Å². The fourth-order valence-electron chi connectivity index (χ4n) is 0.917. The molecule has 0 heterocycles. The first-order chi connectivity index (χ1) is 5.91. The third kappa shape index (κ3) is 3.97. The van der Waals surface area contributed by atoms with Gasteiger partial charge in [0, 0.05) is 0 Å². The van der Waals surface area contributed by atoms with E-state index in [4.69, 9.17) is 0 Å². The van der Waals surface area contributed by atoms with Gasteiger partial charge in [-0.1, -0.05) is 20.1 Å². The predicted octanol–water partition coefficient (Wildman–Crippen LogP) is -2.04. The van der Waals surface area contributed by atoms with E-state index in [0.717, 1.165) is 5.30 Å². The molecule has 3 nitrogen and oxygen atoms in total. The zero-order valence-electron chi connectivity index (χ0n) is 8.39. The van der Waals surface area contributed by atoms with E-state index in [0.29, 0.717) is 0 Å². The fourth-order valence-corrected chi connectivity index (χ4v) is 2.30. The Morgan fingerprint density at radius 2 is 1.86 bits per heavy atom. The van der Waals surface area contributed by atoms with E-state index < -0.39 is 10.1 Å². The molecule has 6 heteroatoms. The number of rotatable bonds is 2. The van der Waals surface area contributed by atoms with Gasteiger partial charge in [-0.2, -0.15) is 0 Å². The average molecular weight is 240 g/mol. The van der Waals surface area contributed by atoms with Crippen molar-refractivity contribution in [3.8, 4) is 0 Å². The zero-order valence-corrected chi connectivity index (χ0v) is 12.1. The van der Waals surface area contributed by atoms with E-state index in [1.165, 1.54) is 12.1 Å². The summed E-state index contributed by atoms with van der Waals surface area (Å²) in [6, 6.07) is 6.21. The number of hydrogen-bond donors (Lipinski definition) is 0. The minimum absolute atomic E-state index is 0. The molecule has 0 atom stereocenters. The molecule has 1 aromatic rings. The van der Waals surface area contributed by atoms with Crippen LogP contribution in [0.25, 0.3) is 0 Å². The van der Waals surface area contributed by atoms with Crippen molar-refractivity contribution >= 4 is 23.3 Å². The van der Waals surface area contributed by atoms with Crippen molar-refractivity contribution in [1.82, 2.24) is 0 Å². The summed E-state index contributed by atoms with van der Waals surface area (Å²) in [7, 11) is -4.66. The smallest absolute Gasteiger partial charge is 0.744 e. The van der Waals surface area contributed by atoms with Gasteiger partial charge in [0.05, 0.1) is 4.90 Å². The van der Waals surface area contributed by atoms with E-state index in [1.54, 1.807) is 6.07 Å². The SMILES string of the molecule is CP(C)c1cccc(S(=O)(=O)[O-])c1.[Na+]. The molecule has 72 valence electrons. The van der Waals surface area contributed by atoms with Crippen LogP contribution >= 0.6 is 7.92 Å². The van der Waals surface area contributed by atoms with Gasteiger partial charge >= 0.3 is 29.6 Å². The summed E-state index contributed by atoms with van der Waals surface area (Å²) in [6.07, 6.45) is 0. The van der Waals surface area contributed by atoms with Crippen LogP contribution in [0.5, 0.6) is 0 Å². The summed E-state index contributed by atoms with van der Waals surface area (Å²) < 4.78 is 32.0. The molecule has 0 aromatic heterocycles. The molecule has 0 saturated heterocycles. The molecule has 0 fully saturated rings. The first-order valence-corrected chi connectivity index (χ1v) is 7.29. The molecule has 0 radical (unpaired) electrons. The van der Waals surface area contributed by atoms with Crippen molar-refractivity contribution < 1.29 is 42.5 Å². The summed E-state index contributed by atoms with van der Waals surface area (Å²) in [4.78, 5) is -0.138. The van der Waals surface area contributed by atoms with Gasteiger partial charge in [-0.05, 0) is 30.8 Å². The molecule has 0 aliphatic heterocycles. The maximum atomic E-state index is 10.7. The Morgan fingerprint density at radius 1 is 1.29 bits per heavy atom. The fraction of sp³-hybridized carbons (Fsp3) is 0.250. The van der Waals surface area contributed by atoms with Gasteiger partial charge in [0.2, 0.25) is 0 Å². The summed E-state index contributed by atoms with van der Waals surface area (Å²) in [5.41, 5.74) is 0. The van der Waals surface area contributed by atoms with Gasteiger partial charge in [0.1, 0.15) is 10.1 Å². The molecule has 14 heavy (non-hydrogen) atoms. The Kier molecular flexibility index (Phi) is 5.81. The maximum absolute atomic E-state index is 10.7. The second-order valence-electron chi connectivity index (χ2n) is 2.85. The van der Waals surface area contributed by atoms with Crippen LogP contribution < -0.4 is 34.9 Å². The van der Waals surface area contributed by atoms with Crippen molar-refractivity contribution in [1.29, 1.82) is 0 Å². The summed E-state index contributed by atoms with van der Waals surface area (Å²) in [5, 5.41) is 0.923. The Balaban J connectivity index is 0.00000169. The Labute approximate surface area is 108 Å². The third-order valence-electron chi connectivity index (χ3n) is 1.62. The first kappa shape index (κ1) is 14.6. The average Bonchev–Trinajstić information content (AvgIpc) is 2.03. The van der Waals surface area contributed by atoms with Crippen LogP contribution in [-0.2, 0) is 10.1 Å². The molecule has 0 bridgehead atoms. The Morgan fingerprint density at radius 3 is 2.29 bits per heavy atom. The first-order valence-electron chi connectivity index (χ1n) is 3.64. The molecule has 0 amide bonds. The number of hydrogen-bond acceptors (Lipinski definition) is 3. The van der Waals surface area contributed by atoms with Crippen LogP contribution in [-0.4, -0.2) is 26.3 Å². The molecule has 0 aliphatic rings. The second-order valence-corrected chi connectivity index (χ2v) is 6.53. The summed E-state index contributed by atoms with van der Waals surface area (Å²) in [6.45, 7) is 4.01. The Hall–Kier alpha value is 0.560. The molecule has 1 aromatic carbocycles. The molecular formula is C8H10NaO3PS. The summed E-state index contributed by atoms with van der Waals surface area (Å²) >= 11 is 0. The molecule has 1 rings (SSSR count). The molecule has 0 aliphatic carbocycles. The van der Waals surface area contributed by atoms with E-state index in [2.05, 4.69) is 0 Å². The van der Waals surface area contributed by atoms with Crippen molar-refractivity contribution in [2.45, 2.75) is 4.90 Å². The van der Waals surface area contributed by atoms with Gasteiger partial charge in [0.15, 0.2) is 0 Å². The predicted molar refractivity (Wildman–Crippen MR) is 52.8 cm³/mol. The van der Waals surface area contributed by atoms with Crippen LogP contribution in [0.1, 0.15) is 0 Å². The molecular weight excluding hydrogens is 230 g/mol. The van der Waals surface area contributed by atoms with Crippen molar-refractivity contribution in [2.24, 2.45) is 0 Å². The van der Waals surface area contributed by atoms with E-state index in [9.17, 15) is 13.0 Å². The van der Waals surface area contributed by atoms with E-state index >= 15 is 0 Å². The summed E-state index contributed by atoms with van der Waals surface area (Å²) in [5.74, 6) is 0. The van der Waals surface area contributed by atoms with Crippen LogP contribution in [0.2, 0.25) is 0 Å². The van der Waals surface area contributed by atoms with Crippen LogP contribution in [0.15, 0.2) is 29.2 Å². The largest absolute Gasteiger partial charge is 1.00 e. The van der Waals surface area contributed by atoms with Crippen LogP contribution in [0, 0.1) is 0 Å². The minimum atomic E-state index is -4.30. The molecule has 0 unspecified atom stereocenters. The van der Waals surface area contributed by atoms with Crippen LogP contribution in [0.4, 0.5) is 0 Å². The Bertz CT molecular complexity index is 403.